The molecule has 0 heterocycles. The molecule has 3 rings (SSSR count). The zero-order valence-electron chi connectivity index (χ0n) is 15.7. The topological polar surface area (TPSA) is 66.5 Å². The van der Waals surface area contributed by atoms with Crippen molar-refractivity contribution >= 4 is 27.5 Å². The Bertz CT molecular complexity index is 897. The van der Waals surface area contributed by atoms with E-state index in [1.54, 1.807) is 36.4 Å². The van der Waals surface area contributed by atoms with Gasteiger partial charge in [0.25, 0.3) is 0 Å². The first-order valence-electron chi connectivity index (χ1n) is 9.55. The Kier molecular flexibility index (Phi) is 7.10. The van der Waals surface area contributed by atoms with Crippen LogP contribution in [-0.2, 0) is 21.4 Å². The molecule has 7 heteroatoms. The summed E-state index contributed by atoms with van der Waals surface area (Å²) in [6.45, 7) is 0.0781. The number of carbonyl (C=O) groups is 1. The van der Waals surface area contributed by atoms with Crippen LogP contribution >= 0.6 is 11.6 Å². The maximum absolute atomic E-state index is 13.2. The minimum Gasteiger partial charge on any atom is -0.351 e. The summed E-state index contributed by atoms with van der Waals surface area (Å²) in [6, 6.07) is 15.4. The Morgan fingerprint density at radius 2 is 1.64 bits per heavy atom. The zero-order chi connectivity index (χ0) is 20.0. The molecule has 2 aromatic carbocycles. The van der Waals surface area contributed by atoms with Gasteiger partial charge in [-0.1, -0.05) is 67.3 Å². The molecular weight excluding hydrogens is 396 g/mol. The molecule has 0 saturated heterocycles. The van der Waals surface area contributed by atoms with Crippen LogP contribution in [0.1, 0.15) is 37.7 Å². The predicted molar refractivity (Wildman–Crippen MR) is 111 cm³/mol. The van der Waals surface area contributed by atoms with Gasteiger partial charge in [0, 0.05) is 17.6 Å². The summed E-state index contributed by atoms with van der Waals surface area (Å²) in [5.74, 6) is -0.329. The van der Waals surface area contributed by atoms with Gasteiger partial charge in [0.1, 0.15) is 0 Å². The molecule has 2 aromatic rings. The van der Waals surface area contributed by atoms with Gasteiger partial charge >= 0.3 is 0 Å². The molecule has 0 spiro atoms. The first-order chi connectivity index (χ1) is 13.5. The van der Waals surface area contributed by atoms with Gasteiger partial charge in [-0.05, 0) is 36.6 Å². The third kappa shape index (κ3) is 5.13. The summed E-state index contributed by atoms with van der Waals surface area (Å²) in [5.41, 5.74) is 0.799. The molecule has 0 radical (unpaired) electrons. The average Bonchev–Trinajstić information content (AvgIpc) is 2.72. The Hall–Kier alpha value is -1.89. The van der Waals surface area contributed by atoms with Crippen molar-refractivity contribution in [1.82, 2.24) is 9.62 Å². The van der Waals surface area contributed by atoms with Crippen LogP contribution in [0.3, 0.4) is 0 Å². The van der Waals surface area contributed by atoms with Crippen molar-refractivity contribution in [2.24, 2.45) is 0 Å². The van der Waals surface area contributed by atoms with Gasteiger partial charge in [-0.15, -0.1) is 0 Å². The molecule has 1 aliphatic carbocycles. The molecule has 1 aliphatic rings. The van der Waals surface area contributed by atoms with Crippen molar-refractivity contribution in [3.05, 3.63) is 65.2 Å². The smallest absolute Gasteiger partial charge is 0.243 e. The van der Waals surface area contributed by atoms with E-state index in [-0.39, 0.29) is 29.9 Å². The highest BCUT2D eigenvalue weighted by molar-refractivity contribution is 7.89. The van der Waals surface area contributed by atoms with E-state index >= 15 is 0 Å². The minimum atomic E-state index is -3.74. The van der Waals surface area contributed by atoms with Gasteiger partial charge in [0.05, 0.1) is 11.4 Å². The molecule has 28 heavy (non-hydrogen) atoms. The van der Waals surface area contributed by atoms with Crippen molar-refractivity contribution in [3.63, 3.8) is 0 Å². The molecule has 1 fully saturated rings. The first kappa shape index (κ1) is 20.8. The molecule has 0 aliphatic heterocycles. The van der Waals surface area contributed by atoms with Crippen molar-refractivity contribution in [3.8, 4) is 0 Å². The molecule has 1 amide bonds. The second-order valence-corrected chi connectivity index (χ2v) is 9.32. The highest BCUT2D eigenvalue weighted by Gasteiger charge is 2.33. The molecule has 1 N–H and O–H groups in total. The predicted octanol–water partition coefficient (Wildman–Crippen LogP) is 3.98. The Balaban J connectivity index is 1.75. The van der Waals surface area contributed by atoms with E-state index in [1.165, 1.54) is 4.31 Å². The Labute approximate surface area is 171 Å². The summed E-state index contributed by atoms with van der Waals surface area (Å²) in [5, 5.41) is 3.38. The lowest BCUT2D eigenvalue weighted by Crippen LogP contribution is -2.46. The van der Waals surface area contributed by atoms with Gasteiger partial charge in [-0.3, -0.25) is 4.79 Å². The molecule has 150 valence electrons. The Morgan fingerprint density at radius 3 is 2.32 bits per heavy atom. The van der Waals surface area contributed by atoms with Gasteiger partial charge in [-0.2, -0.15) is 4.31 Å². The highest BCUT2D eigenvalue weighted by Crippen LogP contribution is 2.27. The van der Waals surface area contributed by atoms with Crippen LogP contribution in [0.15, 0.2) is 59.5 Å². The molecule has 0 bridgehead atoms. The number of sulfonamides is 1. The molecule has 0 aromatic heterocycles. The second-order valence-electron chi connectivity index (χ2n) is 7.02. The maximum Gasteiger partial charge on any atom is 0.243 e. The number of hydrogen-bond acceptors (Lipinski definition) is 3. The van der Waals surface area contributed by atoms with Crippen molar-refractivity contribution in [2.75, 3.05) is 6.54 Å². The van der Waals surface area contributed by atoms with Gasteiger partial charge < -0.3 is 5.32 Å². The molecular formula is C21H25ClN2O3S. The summed E-state index contributed by atoms with van der Waals surface area (Å²) >= 11 is 6.13. The average molecular weight is 421 g/mol. The van der Waals surface area contributed by atoms with E-state index < -0.39 is 10.0 Å². The minimum absolute atomic E-state index is 0.148. The number of hydrogen-bond donors (Lipinski definition) is 1. The SMILES string of the molecule is O=C(CN(C1CCCCC1)S(=O)(=O)c1ccccc1)NCc1ccccc1Cl. The normalized spacial score (nSPS) is 15.5. The number of benzene rings is 2. The summed E-state index contributed by atoms with van der Waals surface area (Å²) < 4.78 is 27.8. The third-order valence-corrected chi connectivity index (χ3v) is 7.35. The lowest BCUT2D eigenvalue weighted by molar-refractivity contribution is -0.121. The van der Waals surface area contributed by atoms with E-state index in [4.69, 9.17) is 11.6 Å². The summed E-state index contributed by atoms with van der Waals surface area (Å²) in [6.07, 6.45) is 4.63. The third-order valence-electron chi connectivity index (χ3n) is 5.07. The van der Waals surface area contributed by atoms with Crippen LogP contribution in [0.5, 0.6) is 0 Å². The monoisotopic (exact) mass is 420 g/mol. The lowest BCUT2D eigenvalue weighted by atomic mass is 9.95. The van der Waals surface area contributed by atoms with Crippen LogP contribution in [0.25, 0.3) is 0 Å². The molecule has 5 nitrogen and oxygen atoms in total. The van der Waals surface area contributed by atoms with Crippen molar-refractivity contribution in [1.29, 1.82) is 0 Å². The standard InChI is InChI=1S/C21H25ClN2O3S/c22-20-14-8-7-9-17(20)15-23-21(25)16-24(18-10-3-1-4-11-18)28(26,27)19-12-5-2-6-13-19/h2,5-9,12-14,18H,1,3-4,10-11,15-16H2,(H,23,25). The zero-order valence-corrected chi connectivity index (χ0v) is 17.3. The largest absolute Gasteiger partial charge is 0.351 e. The number of halogens is 1. The number of nitrogens with zero attached hydrogens (tertiary/aromatic N) is 1. The van der Waals surface area contributed by atoms with Crippen LogP contribution < -0.4 is 5.32 Å². The van der Waals surface area contributed by atoms with E-state index in [1.807, 2.05) is 18.2 Å². The number of carbonyl (C=O) groups excluding carboxylic acids is 1. The highest BCUT2D eigenvalue weighted by atomic mass is 35.5. The maximum atomic E-state index is 13.2. The number of rotatable bonds is 7. The fourth-order valence-electron chi connectivity index (χ4n) is 3.54. The van der Waals surface area contributed by atoms with E-state index in [0.717, 1.165) is 37.7 Å². The quantitative estimate of drug-likeness (QED) is 0.736. The number of amides is 1. The molecule has 1 saturated carbocycles. The fourth-order valence-corrected chi connectivity index (χ4v) is 5.41. The summed E-state index contributed by atoms with van der Waals surface area (Å²) in [7, 11) is -3.74. The van der Waals surface area contributed by atoms with Gasteiger partial charge in [0.2, 0.25) is 15.9 Å². The summed E-state index contributed by atoms with van der Waals surface area (Å²) in [4.78, 5) is 12.8. The molecule has 0 atom stereocenters. The van der Waals surface area contributed by atoms with Crippen LogP contribution in [0.2, 0.25) is 5.02 Å². The van der Waals surface area contributed by atoms with E-state index in [2.05, 4.69) is 5.32 Å². The van der Waals surface area contributed by atoms with Gasteiger partial charge in [0.15, 0.2) is 0 Å². The van der Waals surface area contributed by atoms with Crippen LogP contribution in [0, 0.1) is 0 Å². The van der Waals surface area contributed by atoms with E-state index in [0.29, 0.717) is 5.02 Å². The number of nitrogens with one attached hydrogen (secondary N) is 1. The lowest BCUT2D eigenvalue weighted by Gasteiger charge is -2.33. The van der Waals surface area contributed by atoms with Crippen LogP contribution in [-0.4, -0.2) is 31.2 Å². The van der Waals surface area contributed by atoms with Crippen molar-refractivity contribution < 1.29 is 13.2 Å². The fraction of sp³-hybridized carbons (Fsp3) is 0.381. The molecule has 0 unspecified atom stereocenters. The second kappa shape index (κ2) is 9.54. The first-order valence-corrected chi connectivity index (χ1v) is 11.4. The van der Waals surface area contributed by atoms with Gasteiger partial charge in [-0.25, -0.2) is 8.42 Å². The van der Waals surface area contributed by atoms with Crippen molar-refractivity contribution in [2.45, 2.75) is 49.6 Å². The van der Waals surface area contributed by atoms with Crippen LogP contribution in [0.4, 0.5) is 0 Å². The Morgan fingerprint density at radius 1 is 1.00 bits per heavy atom. The van der Waals surface area contributed by atoms with E-state index in [9.17, 15) is 13.2 Å².